The fourth-order valence-electron chi connectivity index (χ4n) is 3.50. The number of benzene rings is 2. The quantitative estimate of drug-likeness (QED) is 0.511. The Kier molecular flexibility index (Phi) is 8.39. The number of hydrogen-bond donors (Lipinski definition) is 1. The van der Waals surface area contributed by atoms with Gasteiger partial charge in [0.05, 0.1) is 23.7 Å². The van der Waals surface area contributed by atoms with Crippen LogP contribution in [0.25, 0.3) is 0 Å². The normalized spacial score (nSPS) is 12.8. The molecule has 0 bridgehead atoms. The summed E-state index contributed by atoms with van der Waals surface area (Å²) in [5.41, 5.74) is 13.6. The average molecular weight is 475 g/mol. The lowest BCUT2D eigenvalue weighted by Crippen LogP contribution is -2.31. The van der Waals surface area contributed by atoms with E-state index < -0.39 is 0 Å². The second kappa shape index (κ2) is 11.2. The van der Waals surface area contributed by atoms with Gasteiger partial charge in [-0.15, -0.1) is 0 Å². The first-order valence-electron chi connectivity index (χ1n) is 9.67. The zero-order valence-corrected chi connectivity index (χ0v) is 19.1. The summed E-state index contributed by atoms with van der Waals surface area (Å²) in [6.07, 6.45) is 4.88. The maximum atomic E-state index is 8.92. The van der Waals surface area contributed by atoms with Crippen molar-refractivity contribution >= 4 is 40.5 Å². The number of rotatable bonds is 4. The van der Waals surface area contributed by atoms with Crippen LogP contribution in [0.15, 0.2) is 65.0 Å². The highest BCUT2D eigenvalue weighted by Gasteiger charge is 2.18. The second-order valence-corrected chi connectivity index (χ2v) is 8.44. The number of halogens is 3. The number of anilines is 1. The molecule has 0 amide bonds. The van der Waals surface area contributed by atoms with Crippen LogP contribution in [0.2, 0.25) is 0 Å². The van der Waals surface area contributed by atoms with Crippen LogP contribution in [0.4, 0.5) is 5.69 Å². The van der Waals surface area contributed by atoms with Crippen LogP contribution < -0.4 is 5.73 Å². The Morgan fingerprint density at radius 1 is 1.13 bits per heavy atom. The van der Waals surface area contributed by atoms with Crippen molar-refractivity contribution in [2.75, 3.05) is 12.3 Å². The van der Waals surface area contributed by atoms with Crippen molar-refractivity contribution < 1.29 is 0 Å². The Bertz CT molecular complexity index is 1080. The molecule has 31 heavy (non-hydrogen) atoms. The number of fused-ring (bicyclic) bond motifs is 1. The Balaban J connectivity index is 0.000000491. The van der Waals surface area contributed by atoms with E-state index in [0.29, 0.717) is 5.56 Å². The number of nitriles is 1. The van der Waals surface area contributed by atoms with E-state index in [4.69, 9.17) is 45.8 Å². The molecule has 1 aliphatic heterocycles. The van der Waals surface area contributed by atoms with Gasteiger partial charge in [0.15, 0.2) is 0 Å². The SMILES string of the molecule is ClC=C(Cl)Cl.N#Cc1ccc(Cn2cncc2CN2CCc3ccc(N)cc3C2)cc1. The smallest absolute Gasteiger partial charge is 0.118 e. The molecule has 0 aliphatic carbocycles. The number of hydrogen-bond acceptors (Lipinski definition) is 4. The highest BCUT2D eigenvalue weighted by Crippen LogP contribution is 2.23. The predicted octanol–water partition coefficient (Wildman–Crippen LogP) is 5.45. The third-order valence-corrected chi connectivity index (χ3v) is 5.68. The van der Waals surface area contributed by atoms with Crippen molar-refractivity contribution in [2.24, 2.45) is 0 Å². The maximum Gasteiger partial charge on any atom is 0.118 e. The van der Waals surface area contributed by atoms with Crippen LogP contribution in [-0.2, 0) is 26.1 Å². The second-order valence-electron chi connectivity index (χ2n) is 7.21. The van der Waals surface area contributed by atoms with Gasteiger partial charge in [-0.3, -0.25) is 4.90 Å². The minimum absolute atomic E-state index is 0.0895. The van der Waals surface area contributed by atoms with Crippen LogP contribution >= 0.6 is 34.8 Å². The molecule has 5 nitrogen and oxygen atoms in total. The molecule has 0 saturated heterocycles. The first-order chi connectivity index (χ1) is 15.0. The van der Waals surface area contributed by atoms with Gasteiger partial charge in [-0.2, -0.15) is 5.26 Å². The molecule has 8 heteroatoms. The standard InChI is InChI=1S/C21H21N5.C2HCl3/c22-10-16-1-3-17(4-2-16)12-26-15-24-11-21(26)14-25-8-7-18-5-6-20(23)9-19(18)13-25;3-1-2(4)5/h1-6,9,11,15H,7-8,12-14,23H2;1H. The van der Waals surface area contributed by atoms with Crippen molar-refractivity contribution in [2.45, 2.75) is 26.1 Å². The number of imidazole rings is 1. The van der Waals surface area contributed by atoms with Gasteiger partial charge in [-0.1, -0.05) is 53.0 Å². The summed E-state index contributed by atoms with van der Waals surface area (Å²) in [6, 6.07) is 16.1. The van der Waals surface area contributed by atoms with Crippen LogP contribution in [0.1, 0.15) is 27.9 Å². The summed E-state index contributed by atoms with van der Waals surface area (Å²) in [5.74, 6) is 0. The topological polar surface area (TPSA) is 70.9 Å². The first-order valence-corrected chi connectivity index (χ1v) is 10.9. The monoisotopic (exact) mass is 473 g/mol. The third kappa shape index (κ3) is 6.75. The summed E-state index contributed by atoms with van der Waals surface area (Å²) in [7, 11) is 0. The first kappa shape index (κ1) is 23.2. The lowest BCUT2D eigenvalue weighted by molar-refractivity contribution is 0.240. The zero-order chi connectivity index (χ0) is 22.2. The Morgan fingerprint density at radius 3 is 2.55 bits per heavy atom. The van der Waals surface area contributed by atoms with E-state index in [-0.39, 0.29) is 4.49 Å². The van der Waals surface area contributed by atoms with E-state index in [1.807, 2.05) is 42.9 Å². The van der Waals surface area contributed by atoms with Crippen molar-refractivity contribution in [3.63, 3.8) is 0 Å². The molecule has 2 aromatic carbocycles. The summed E-state index contributed by atoms with van der Waals surface area (Å²) >= 11 is 14.8. The van der Waals surface area contributed by atoms with E-state index in [1.54, 1.807) is 0 Å². The average Bonchev–Trinajstić information content (AvgIpc) is 3.20. The van der Waals surface area contributed by atoms with Crippen molar-refractivity contribution in [3.8, 4) is 6.07 Å². The number of aromatic nitrogens is 2. The van der Waals surface area contributed by atoms with E-state index in [2.05, 4.69) is 32.7 Å². The van der Waals surface area contributed by atoms with Gasteiger partial charge in [-0.05, 0) is 47.4 Å². The fourth-order valence-corrected chi connectivity index (χ4v) is 3.50. The molecule has 3 aromatic rings. The fraction of sp³-hybridized carbons (Fsp3) is 0.217. The van der Waals surface area contributed by atoms with E-state index in [9.17, 15) is 0 Å². The lowest BCUT2D eigenvalue weighted by atomic mass is 9.99. The highest BCUT2D eigenvalue weighted by molar-refractivity contribution is 6.58. The molecule has 0 saturated carbocycles. The van der Waals surface area contributed by atoms with Gasteiger partial charge < -0.3 is 10.3 Å². The lowest BCUT2D eigenvalue weighted by Gasteiger charge is -2.29. The zero-order valence-electron chi connectivity index (χ0n) is 16.8. The van der Waals surface area contributed by atoms with E-state index >= 15 is 0 Å². The minimum Gasteiger partial charge on any atom is -0.399 e. The Labute approximate surface area is 197 Å². The number of nitrogens with two attached hydrogens (primary N) is 1. The van der Waals surface area contributed by atoms with Gasteiger partial charge in [0.25, 0.3) is 0 Å². The van der Waals surface area contributed by atoms with Crippen LogP contribution in [0.5, 0.6) is 0 Å². The molecule has 160 valence electrons. The number of nitrogens with zero attached hydrogens (tertiary/aromatic N) is 4. The van der Waals surface area contributed by atoms with Gasteiger partial charge in [0.2, 0.25) is 0 Å². The molecule has 0 fully saturated rings. The Hall–Kier alpha value is -2.49. The molecule has 0 radical (unpaired) electrons. The molecular weight excluding hydrogens is 453 g/mol. The van der Waals surface area contributed by atoms with Crippen molar-refractivity contribution in [1.82, 2.24) is 14.5 Å². The minimum atomic E-state index is 0.0895. The largest absolute Gasteiger partial charge is 0.399 e. The molecule has 4 rings (SSSR count). The molecule has 2 N–H and O–H groups in total. The van der Waals surface area contributed by atoms with Gasteiger partial charge >= 0.3 is 0 Å². The van der Waals surface area contributed by atoms with Crippen LogP contribution in [-0.4, -0.2) is 21.0 Å². The van der Waals surface area contributed by atoms with Crippen molar-refractivity contribution in [1.29, 1.82) is 5.26 Å². The molecule has 2 heterocycles. The molecule has 0 atom stereocenters. The van der Waals surface area contributed by atoms with Gasteiger partial charge in [-0.25, -0.2) is 4.98 Å². The predicted molar refractivity (Wildman–Crippen MR) is 127 cm³/mol. The maximum absolute atomic E-state index is 8.92. The Morgan fingerprint density at radius 2 is 1.87 bits per heavy atom. The molecule has 0 unspecified atom stereocenters. The summed E-state index contributed by atoms with van der Waals surface area (Å²) in [4.78, 5) is 6.78. The summed E-state index contributed by atoms with van der Waals surface area (Å²) < 4.78 is 2.27. The molecule has 1 aliphatic rings. The van der Waals surface area contributed by atoms with Crippen molar-refractivity contribution in [3.05, 3.63) is 93.0 Å². The van der Waals surface area contributed by atoms with Crippen LogP contribution in [0.3, 0.4) is 0 Å². The molecule has 0 spiro atoms. The van der Waals surface area contributed by atoms with E-state index in [0.717, 1.165) is 43.8 Å². The summed E-state index contributed by atoms with van der Waals surface area (Å²) in [6.45, 7) is 3.59. The summed E-state index contributed by atoms with van der Waals surface area (Å²) in [5, 5.41) is 8.92. The molecular formula is C23H22Cl3N5. The van der Waals surface area contributed by atoms with Crippen LogP contribution in [0, 0.1) is 11.3 Å². The third-order valence-electron chi connectivity index (χ3n) is 5.02. The van der Waals surface area contributed by atoms with Gasteiger partial charge in [0.1, 0.15) is 4.49 Å². The van der Waals surface area contributed by atoms with Gasteiger partial charge in [0, 0.05) is 43.6 Å². The molecule has 1 aromatic heterocycles. The van der Waals surface area contributed by atoms with E-state index in [1.165, 1.54) is 22.4 Å². The number of nitrogen functional groups attached to an aromatic ring is 1. The highest BCUT2D eigenvalue weighted by atomic mass is 35.5.